The van der Waals surface area contributed by atoms with Crippen LogP contribution in [-0.2, 0) is 11.3 Å². The molecule has 4 nitrogen and oxygen atoms in total. The molecule has 0 bridgehead atoms. The summed E-state index contributed by atoms with van der Waals surface area (Å²) in [5.74, 6) is 0. The highest BCUT2D eigenvalue weighted by atomic mass is 16.5. The average Bonchev–Trinajstić information content (AvgIpc) is 2.39. The first-order valence-corrected chi connectivity index (χ1v) is 7.11. The molecule has 0 saturated carbocycles. The van der Waals surface area contributed by atoms with Gasteiger partial charge >= 0.3 is 0 Å². The number of hydrogen-bond acceptors (Lipinski definition) is 4. The number of ether oxygens (including phenoxy) is 1. The fraction of sp³-hybridized carbons (Fsp3) is 0.667. The Morgan fingerprint density at radius 3 is 2.89 bits per heavy atom. The largest absolute Gasteiger partial charge is 0.377 e. The lowest BCUT2D eigenvalue weighted by atomic mass is 10.2. The van der Waals surface area contributed by atoms with Gasteiger partial charge in [-0.15, -0.1) is 0 Å². The Labute approximate surface area is 117 Å². The third-order valence-corrected chi connectivity index (χ3v) is 2.92. The smallest absolute Gasteiger partial charge is 0.0644 e. The summed E-state index contributed by atoms with van der Waals surface area (Å²) in [6.45, 7) is 9.85. The van der Waals surface area contributed by atoms with Gasteiger partial charge in [-0.25, -0.2) is 0 Å². The zero-order valence-corrected chi connectivity index (χ0v) is 12.6. The molecule has 4 heteroatoms. The minimum absolute atomic E-state index is 0.285. The molecular weight excluding hydrogens is 238 g/mol. The van der Waals surface area contributed by atoms with Gasteiger partial charge in [0.05, 0.1) is 24.6 Å². The monoisotopic (exact) mass is 265 g/mol. The number of hydrogen-bond donors (Lipinski definition) is 1. The van der Waals surface area contributed by atoms with Crippen molar-refractivity contribution in [2.45, 2.75) is 39.8 Å². The predicted octanol–water partition coefficient (Wildman–Crippen LogP) is 2.44. The minimum Gasteiger partial charge on any atom is -0.377 e. The van der Waals surface area contributed by atoms with Gasteiger partial charge in [-0.05, 0) is 38.4 Å². The van der Waals surface area contributed by atoms with Crippen LogP contribution < -0.4 is 10.2 Å². The van der Waals surface area contributed by atoms with E-state index in [9.17, 15) is 0 Å². The Balaban J connectivity index is 2.54. The Hall–Kier alpha value is -1.13. The van der Waals surface area contributed by atoms with Crippen molar-refractivity contribution in [3.8, 4) is 0 Å². The lowest BCUT2D eigenvalue weighted by Crippen LogP contribution is -2.26. The molecule has 0 aliphatic heterocycles. The number of nitrogens with zero attached hydrogens (tertiary/aromatic N) is 2. The van der Waals surface area contributed by atoms with Crippen molar-refractivity contribution in [1.29, 1.82) is 0 Å². The molecule has 0 aromatic carbocycles. The van der Waals surface area contributed by atoms with E-state index in [1.54, 1.807) is 0 Å². The lowest BCUT2D eigenvalue weighted by Gasteiger charge is -2.22. The van der Waals surface area contributed by atoms with Crippen LogP contribution in [0.2, 0.25) is 0 Å². The molecule has 0 unspecified atom stereocenters. The summed E-state index contributed by atoms with van der Waals surface area (Å²) >= 11 is 0. The van der Waals surface area contributed by atoms with Crippen LogP contribution in [0, 0.1) is 0 Å². The first-order chi connectivity index (χ1) is 9.15. The zero-order chi connectivity index (χ0) is 14.1. The molecule has 1 aromatic heterocycles. The van der Waals surface area contributed by atoms with Crippen molar-refractivity contribution in [2.75, 3.05) is 31.6 Å². The van der Waals surface area contributed by atoms with Gasteiger partial charge in [-0.2, -0.15) is 0 Å². The summed E-state index contributed by atoms with van der Waals surface area (Å²) in [7, 11) is 2.09. The van der Waals surface area contributed by atoms with Crippen LogP contribution in [0.4, 0.5) is 5.69 Å². The van der Waals surface area contributed by atoms with E-state index in [0.717, 1.165) is 32.7 Å². The molecule has 108 valence electrons. The molecule has 1 N–H and O–H groups in total. The van der Waals surface area contributed by atoms with E-state index < -0.39 is 0 Å². The van der Waals surface area contributed by atoms with Crippen molar-refractivity contribution < 1.29 is 4.74 Å². The maximum atomic E-state index is 5.59. The van der Waals surface area contributed by atoms with Crippen LogP contribution in [0.25, 0.3) is 0 Å². The van der Waals surface area contributed by atoms with Crippen LogP contribution in [0.3, 0.4) is 0 Å². The van der Waals surface area contributed by atoms with Crippen molar-refractivity contribution in [3.63, 3.8) is 0 Å². The van der Waals surface area contributed by atoms with Crippen LogP contribution in [0.1, 0.15) is 32.8 Å². The Bertz CT molecular complexity index is 355. The number of pyridine rings is 1. The second-order valence-corrected chi connectivity index (χ2v) is 5.02. The molecule has 0 radical (unpaired) electrons. The zero-order valence-electron chi connectivity index (χ0n) is 12.6. The number of aromatic nitrogens is 1. The van der Waals surface area contributed by atoms with E-state index in [-0.39, 0.29) is 6.10 Å². The molecule has 1 rings (SSSR count). The average molecular weight is 265 g/mol. The SMILES string of the molecule is CCCNCc1ccncc1N(C)CCOC(C)C. The van der Waals surface area contributed by atoms with Crippen LogP contribution in [-0.4, -0.2) is 37.8 Å². The number of anilines is 1. The summed E-state index contributed by atoms with van der Waals surface area (Å²) in [4.78, 5) is 6.43. The van der Waals surface area contributed by atoms with Gasteiger partial charge in [0.2, 0.25) is 0 Å². The first kappa shape index (κ1) is 15.9. The standard InChI is InChI=1S/C15H27N3O/c1-5-7-16-11-14-6-8-17-12-15(14)18(4)9-10-19-13(2)3/h6,8,12-13,16H,5,7,9-11H2,1-4H3. The number of nitrogens with one attached hydrogen (secondary N) is 1. The summed E-state index contributed by atoms with van der Waals surface area (Å²) in [5.41, 5.74) is 2.47. The van der Waals surface area contributed by atoms with Crippen LogP contribution in [0.5, 0.6) is 0 Å². The number of rotatable bonds is 9. The quantitative estimate of drug-likeness (QED) is 0.696. The van der Waals surface area contributed by atoms with Crippen LogP contribution in [0.15, 0.2) is 18.5 Å². The molecule has 0 amide bonds. The highest BCUT2D eigenvalue weighted by Gasteiger charge is 2.07. The van der Waals surface area contributed by atoms with E-state index >= 15 is 0 Å². The minimum atomic E-state index is 0.285. The van der Waals surface area contributed by atoms with Gasteiger partial charge in [0.15, 0.2) is 0 Å². The molecule has 1 aromatic rings. The van der Waals surface area contributed by atoms with E-state index in [1.807, 2.05) is 12.4 Å². The summed E-state index contributed by atoms with van der Waals surface area (Å²) < 4.78 is 5.59. The normalized spacial score (nSPS) is 11.0. The number of likely N-dealkylation sites (N-methyl/N-ethyl adjacent to an activating group) is 1. The third-order valence-electron chi connectivity index (χ3n) is 2.92. The summed E-state index contributed by atoms with van der Waals surface area (Å²) in [5, 5.41) is 3.44. The fourth-order valence-electron chi connectivity index (χ4n) is 1.85. The van der Waals surface area contributed by atoms with E-state index in [1.165, 1.54) is 11.3 Å². The highest BCUT2D eigenvalue weighted by molar-refractivity contribution is 5.50. The van der Waals surface area contributed by atoms with Gasteiger partial charge in [0.1, 0.15) is 0 Å². The van der Waals surface area contributed by atoms with E-state index in [2.05, 4.69) is 49.1 Å². The maximum Gasteiger partial charge on any atom is 0.0644 e. The molecule has 0 aliphatic rings. The van der Waals surface area contributed by atoms with E-state index in [4.69, 9.17) is 4.74 Å². The topological polar surface area (TPSA) is 37.4 Å². The Morgan fingerprint density at radius 1 is 1.42 bits per heavy atom. The van der Waals surface area contributed by atoms with Crippen molar-refractivity contribution >= 4 is 5.69 Å². The first-order valence-electron chi connectivity index (χ1n) is 7.11. The molecule has 0 aliphatic carbocycles. The molecule has 0 spiro atoms. The molecule has 0 atom stereocenters. The van der Waals surface area contributed by atoms with E-state index in [0.29, 0.717) is 0 Å². The van der Waals surface area contributed by atoms with Gasteiger partial charge in [0.25, 0.3) is 0 Å². The Kier molecular flexibility index (Phi) is 7.45. The molecule has 0 fully saturated rings. The molecular formula is C15H27N3O. The highest BCUT2D eigenvalue weighted by Crippen LogP contribution is 2.17. The molecule has 1 heterocycles. The van der Waals surface area contributed by atoms with Crippen LogP contribution >= 0.6 is 0 Å². The van der Waals surface area contributed by atoms with Gasteiger partial charge in [-0.3, -0.25) is 4.98 Å². The predicted molar refractivity (Wildman–Crippen MR) is 80.6 cm³/mol. The fourth-order valence-corrected chi connectivity index (χ4v) is 1.85. The second-order valence-electron chi connectivity index (χ2n) is 5.02. The van der Waals surface area contributed by atoms with Gasteiger partial charge in [-0.1, -0.05) is 6.92 Å². The Morgan fingerprint density at radius 2 is 2.21 bits per heavy atom. The second kappa shape index (κ2) is 8.88. The third kappa shape index (κ3) is 6.03. The maximum absolute atomic E-state index is 5.59. The van der Waals surface area contributed by atoms with Gasteiger partial charge < -0.3 is 15.0 Å². The van der Waals surface area contributed by atoms with Crippen molar-refractivity contribution in [2.24, 2.45) is 0 Å². The summed E-state index contributed by atoms with van der Waals surface area (Å²) in [6, 6.07) is 2.08. The van der Waals surface area contributed by atoms with Gasteiger partial charge in [0, 0.05) is 26.3 Å². The molecule has 0 saturated heterocycles. The van der Waals surface area contributed by atoms with Crippen molar-refractivity contribution in [3.05, 3.63) is 24.0 Å². The van der Waals surface area contributed by atoms with Crippen molar-refractivity contribution in [1.82, 2.24) is 10.3 Å². The summed E-state index contributed by atoms with van der Waals surface area (Å²) in [6.07, 6.45) is 5.22. The molecule has 19 heavy (non-hydrogen) atoms. The lowest BCUT2D eigenvalue weighted by molar-refractivity contribution is 0.0846.